The Labute approximate surface area is 155 Å². The number of fused-ring (bicyclic) bond motifs is 2. The van der Waals surface area contributed by atoms with Crippen LogP contribution in [0.5, 0.6) is 11.5 Å². The van der Waals surface area contributed by atoms with Gasteiger partial charge in [-0.15, -0.1) is 0 Å². The van der Waals surface area contributed by atoms with Crippen molar-refractivity contribution in [1.29, 1.82) is 0 Å². The molecule has 0 fully saturated rings. The molecule has 0 N–H and O–H groups in total. The largest absolute Gasteiger partial charge is 0.470 e. The van der Waals surface area contributed by atoms with Gasteiger partial charge in [-0.1, -0.05) is 41.5 Å². The smallest absolute Gasteiger partial charge is 0.230 e. The molecular formula is C20H28N2O4. The molecule has 2 amide bonds. The van der Waals surface area contributed by atoms with E-state index >= 15 is 0 Å². The average molecular weight is 360 g/mol. The van der Waals surface area contributed by atoms with Gasteiger partial charge in [0.05, 0.1) is 11.4 Å². The summed E-state index contributed by atoms with van der Waals surface area (Å²) in [7, 11) is 0. The lowest BCUT2D eigenvalue weighted by molar-refractivity contribution is -0.121. The van der Waals surface area contributed by atoms with Gasteiger partial charge in [0.1, 0.15) is 11.5 Å². The molecule has 1 aromatic rings. The standard InChI is InChI=1S/C20H28N2O4/c1-19(2,3)9-17(23)21-11-25-15-8-14-16(7-13(15)21)26-12-22(14)18(24)10-20(4,5)6/h7-8H,9-12H2,1-6H3. The zero-order chi connectivity index (χ0) is 19.3. The Bertz CT molecular complexity index is 680. The summed E-state index contributed by atoms with van der Waals surface area (Å²) in [4.78, 5) is 28.5. The molecule has 0 saturated carbocycles. The van der Waals surface area contributed by atoms with E-state index in [1.165, 1.54) is 0 Å². The first-order valence-corrected chi connectivity index (χ1v) is 8.99. The van der Waals surface area contributed by atoms with Crippen LogP contribution in [0.2, 0.25) is 0 Å². The molecule has 0 bridgehead atoms. The molecule has 0 atom stereocenters. The number of carbonyl (C=O) groups excluding carboxylic acids is 2. The van der Waals surface area contributed by atoms with Crippen molar-refractivity contribution in [1.82, 2.24) is 0 Å². The molecule has 6 heteroatoms. The Balaban J connectivity index is 1.84. The minimum atomic E-state index is -0.0940. The van der Waals surface area contributed by atoms with Crippen molar-refractivity contribution in [3.8, 4) is 11.5 Å². The predicted molar refractivity (Wildman–Crippen MR) is 101 cm³/mol. The predicted octanol–water partition coefficient (Wildman–Crippen LogP) is 3.92. The minimum absolute atomic E-state index is 0.0230. The first kappa shape index (κ1) is 18.5. The quantitative estimate of drug-likeness (QED) is 0.802. The SMILES string of the molecule is CC(C)(C)CC(=O)N1COc2cc3c(cc21)OCN3C(=O)CC(C)(C)C. The second-order valence-corrected chi connectivity index (χ2v) is 9.45. The summed E-state index contributed by atoms with van der Waals surface area (Å²) in [5.74, 6) is 1.28. The van der Waals surface area contributed by atoms with Gasteiger partial charge < -0.3 is 9.47 Å². The summed E-state index contributed by atoms with van der Waals surface area (Å²) < 4.78 is 11.4. The van der Waals surface area contributed by atoms with Crippen LogP contribution in [0.1, 0.15) is 54.4 Å². The van der Waals surface area contributed by atoms with Crippen molar-refractivity contribution in [2.45, 2.75) is 54.4 Å². The van der Waals surface area contributed by atoms with Crippen LogP contribution in [0.15, 0.2) is 12.1 Å². The molecule has 0 aromatic heterocycles. The van der Waals surface area contributed by atoms with Gasteiger partial charge in [-0.05, 0) is 10.8 Å². The summed E-state index contributed by atoms with van der Waals surface area (Å²) in [6, 6.07) is 3.62. The van der Waals surface area contributed by atoms with Gasteiger partial charge >= 0.3 is 0 Å². The van der Waals surface area contributed by atoms with Crippen molar-refractivity contribution >= 4 is 23.2 Å². The summed E-state index contributed by atoms with van der Waals surface area (Å²) in [5, 5.41) is 0. The number of hydrogen-bond donors (Lipinski definition) is 0. The number of ether oxygens (including phenoxy) is 2. The fraction of sp³-hybridized carbons (Fsp3) is 0.600. The number of anilines is 2. The van der Waals surface area contributed by atoms with Crippen molar-refractivity contribution in [3.63, 3.8) is 0 Å². The van der Waals surface area contributed by atoms with E-state index in [1.807, 2.05) is 53.7 Å². The summed E-state index contributed by atoms with van der Waals surface area (Å²) >= 11 is 0. The molecule has 6 nitrogen and oxygen atoms in total. The molecule has 0 aliphatic carbocycles. The molecule has 2 aliphatic heterocycles. The Kier molecular flexibility index (Phi) is 4.41. The Morgan fingerprint density at radius 2 is 1.15 bits per heavy atom. The van der Waals surface area contributed by atoms with E-state index in [4.69, 9.17) is 9.47 Å². The van der Waals surface area contributed by atoms with Crippen LogP contribution in [-0.2, 0) is 9.59 Å². The van der Waals surface area contributed by atoms with Crippen LogP contribution in [0.3, 0.4) is 0 Å². The van der Waals surface area contributed by atoms with Crippen LogP contribution >= 0.6 is 0 Å². The van der Waals surface area contributed by atoms with Crippen molar-refractivity contribution in [2.24, 2.45) is 10.8 Å². The Hall–Kier alpha value is -2.24. The minimum Gasteiger partial charge on any atom is -0.470 e. The number of hydrogen-bond acceptors (Lipinski definition) is 4. The van der Waals surface area contributed by atoms with Crippen LogP contribution in [0.4, 0.5) is 11.4 Å². The van der Waals surface area contributed by atoms with Crippen LogP contribution < -0.4 is 19.3 Å². The first-order valence-electron chi connectivity index (χ1n) is 8.99. The zero-order valence-electron chi connectivity index (χ0n) is 16.5. The Morgan fingerprint density at radius 3 is 1.46 bits per heavy atom. The maximum atomic E-state index is 12.6. The number of rotatable bonds is 2. The highest BCUT2D eigenvalue weighted by Crippen LogP contribution is 2.46. The van der Waals surface area contributed by atoms with Gasteiger partial charge in [-0.25, -0.2) is 0 Å². The third-order valence-corrected chi connectivity index (χ3v) is 4.29. The van der Waals surface area contributed by atoms with Gasteiger partial charge in [0.15, 0.2) is 13.5 Å². The zero-order valence-corrected chi connectivity index (χ0v) is 16.5. The van der Waals surface area contributed by atoms with Crippen molar-refractivity contribution in [3.05, 3.63) is 12.1 Å². The lowest BCUT2D eigenvalue weighted by Gasteiger charge is -2.22. The number of nitrogens with zero attached hydrogens (tertiary/aromatic N) is 2. The second-order valence-electron chi connectivity index (χ2n) is 9.45. The van der Waals surface area contributed by atoms with Crippen molar-refractivity contribution in [2.75, 3.05) is 23.3 Å². The molecule has 0 spiro atoms. The van der Waals surface area contributed by atoms with E-state index in [0.717, 1.165) is 0 Å². The molecular weight excluding hydrogens is 332 g/mol. The first-order chi connectivity index (χ1) is 11.9. The summed E-state index contributed by atoms with van der Waals surface area (Å²) in [6.07, 6.45) is 0.869. The number of amides is 2. The monoisotopic (exact) mass is 360 g/mol. The fourth-order valence-corrected chi connectivity index (χ4v) is 3.11. The van der Waals surface area contributed by atoms with E-state index in [9.17, 15) is 9.59 Å². The highest BCUT2D eigenvalue weighted by molar-refractivity contribution is 6.00. The third-order valence-electron chi connectivity index (χ3n) is 4.29. The molecule has 0 radical (unpaired) electrons. The van der Waals surface area contributed by atoms with E-state index in [-0.39, 0.29) is 36.1 Å². The maximum absolute atomic E-state index is 12.6. The van der Waals surface area contributed by atoms with Crippen LogP contribution in [0.25, 0.3) is 0 Å². The van der Waals surface area contributed by atoms with E-state index in [0.29, 0.717) is 35.7 Å². The normalized spacial score (nSPS) is 16.1. The van der Waals surface area contributed by atoms with Gasteiger partial charge in [0, 0.05) is 25.0 Å². The lowest BCUT2D eigenvalue weighted by Crippen LogP contribution is -2.32. The highest BCUT2D eigenvalue weighted by atomic mass is 16.5. The van der Waals surface area contributed by atoms with Gasteiger partial charge in [0.25, 0.3) is 0 Å². The topological polar surface area (TPSA) is 59.1 Å². The number of carbonyl (C=O) groups is 2. The van der Waals surface area contributed by atoms with Crippen LogP contribution in [0, 0.1) is 10.8 Å². The van der Waals surface area contributed by atoms with Gasteiger partial charge in [0.2, 0.25) is 11.8 Å². The summed E-state index contributed by atoms with van der Waals surface area (Å²) in [6.45, 7) is 12.6. The Morgan fingerprint density at radius 1 is 0.808 bits per heavy atom. The molecule has 142 valence electrons. The molecule has 0 saturated heterocycles. The molecule has 2 aliphatic rings. The molecule has 26 heavy (non-hydrogen) atoms. The lowest BCUT2D eigenvalue weighted by atomic mass is 9.91. The average Bonchev–Trinajstić information content (AvgIpc) is 3.03. The molecule has 2 heterocycles. The van der Waals surface area contributed by atoms with Gasteiger partial charge in [-0.2, -0.15) is 0 Å². The third kappa shape index (κ3) is 3.79. The maximum Gasteiger partial charge on any atom is 0.230 e. The molecule has 3 rings (SSSR count). The molecule has 0 unspecified atom stereocenters. The van der Waals surface area contributed by atoms with Crippen molar-refractivity contribution < 1.29 is 19.1 Å². The fourth-order valence-electron chi connectivity index (χ4n) is 3.11. The highest BCUT2D eigenvalue weighted by Gasteiger charge is 2.35. The van der Waals surface area contributed by atoms with Crippen LogP contribution in [-0.4, -0.2) is 25.3 Å². The second kappa shape index (κ2) is 6.18. The van der Waals surface area contributed by atoms with E-state index in [2.05, 4.69) is 0 Å². The molecule has 1 aromatic carbocycles. The van der Waals surface area contributed by atoms with E-state index < -0.39 is 0 Å². The van der Waals surface area contributed by atoms with Gasteiger partial charge in [-0.3, -0.25) is 19.4 Å². The van der Waals surface area contributed by atoms with E-state index in [1.54, 1.807) is 9.80 Å². The summed E-state index contributed by atoms with van der Waals surface area (Å²) in [5.41, 5.74) is 1.23. The number of benzene rings is 1.